The molecule has 3 aliphatic rings. The van der Waals surface area contributed by atoms with Gasteiger partial charge in [-0.1, -0.05) is 34.5 Å². The zero-order valence-corrected chi connectivity index (χ0v) is 25.2. The van der Waals surface area contributed by atoms with Crippen LogP contribution in [-0.4, -0.2) is 69.8 Å². The summed E-state index contributed by atoms with van der Waals surface area (Å²) in [5.74, 6) is 0.199. The third-order valence-corrected chi connectivity index (χ3v) is 11.1. The fraction of sp³-hybridized carbons (Fsp3) is 0.571. The van der Waals surface area contributed by atoms with E-state index in [1.54, 1.807) is 6.07 Å². The van der Waals surface area contributed by atoms with Crippen LogP contribution in [0.2, 0.25) is 10.3 Å². The van der Waals surface area contributed by atoms with E-state index in [0.717, 1.165) is 58.9 Å². The lowest BCUT2D eigenvalue weighted by molar-refractivity contribution is -0.949. The van der Waals surface area contributed by atoms with E-state index in [4.69, 9.17) is 28.2 Å². The van der Waals surface area contributed by atoms with Crippen molar-refractivity contribution in [2.45, 2.75) is 51.6 Å². The Hall–Kier alpha value is -2.27. The molecule has 2 aliphatic heterocycles. The molecule has 0 spiro atoms. The molecule has 0 amide bonds. The highest BCUT2D eigenvalue weighted by Gasteiger charge is 2.56. The first-order valence-electron chi connectivity index (χ1n) is 13.8. The normalized spacial score (nSPS) is 29.6. The molecule has 6 rings (SSSR count). The number of quaternary nitrogens is 1. The maximum absolute atomic E-state index is 15.0. The van der Waals surface area contributed by atoms with Gasteiger partial charge in [-0.25, -0.2) is 14.4 Å². The van der Waals surface area contributed by atoms with Crippen molar-refractivity contribution >= 4 is 61.5 Å². The number of piperidine rings is 1. The number of halogens is 3. The second-order valence-corrected chi connectivity index (χ2v) is 14.1. The van der Waals surface area contributed by atoms with Crippen molar-refractivity contribution in [2.75, 3.05) is 43.4 Å². The fourth-order valence-electron chi connectivity index (χ4n) is 6.87. The van der Waals surface area contributed by atoms with Crippen LogP contribution < -0.4 is 10.2 Å². The van der Waals surface area contributed by atoms with Gasteiger partial charge in [-0.15, -0.1) is 0 Å². The first kappa shape index (κ1) is 27.9. The lowest BCUT2D eigenvalue weighted by Crippen LogP contribution is -2.66. The molecule has 0 radical (unpaired) electrons. The third kappa shape index (κ3) is 4.91. The van der Waals surface area contributed by atoms with Crippen LogP contribution in [0.25, 0.3) is 10.2 Å². The van der Waals surface area contributed by atoms with Crippen LogP contribution in [0, 0.1) is 23.1 Å². The largest absolute Gasteiger partial charge is 0.481 e. The van der Waals surface area contributed by atoms with E-state index in [1.807, 2.05) is 13.8 Å². The Morgan fingerprint density at radius 1 is 1.27 bits per heavy atom. The number of hydrogen-bond donors (Lipinski definition) is 2. The van der Waals surface area contributed by atoms with Crippen molar-refractivity contribution in [1.29, 1.82) is 0 Å². The van der Waals surface area contributed by atoms with E-state index >= 15 is 4.39 Å². The molecular formula is C28H34Cl2FN6O2S+. The summed E-state index contributed by atoms with van der Waals surface area (Å²) in [6.45, 7) is 7.88. The summed E-state index contributed by atoms with van der Waals surface area (Å²) >= 11 is 13.6. The van der Waals surface area contributed by atoms with Gasteiger partial charge in [0.25, 0.3) is 0 Å². The highest BCUT2D eigenvalue weighted by atomic mass is 35.5. The van der Waals surface area contributed by atoms with E-state index in [9.17, 15) is 9.90 Å². The zero-order valence-electron chi connectivity index (χ0n) is 22.8. The molecule has 0 bridgehead atoms. The Kier molecular flexibility index (Phi) is 7.12. The molecule has 8 nitrogen and oxygen atoms in total. The van der Waals surface area contributed by atoms with Crippen molar-refractivity contribution in [3.63, 3.8) is 0 Å². The SMILES string of the molecule is C[C@@H](Nc1c(F)ccc2nc(N3CC([C@H]4CCC[N+](C)(C5CC(C)(C(=O)O)C5)C4)C3)sc12)c1ncc(Cl)nc1Cl. The van der Waals surface area contributed by atoms with Gasteiger partial charge in [-0.2, -0.15) is 0 Å². The number of hydrogen-bond acceptors (Lipinski definition) is 7. The predicted molar refractivity (Wildman–Crippen MR) is 157 cm³/mol. The van der Waals surface area contributed by atoms with Gasteiger partial charge in [0, 0.05) is 37.8 Å². The molecule has 2 aromatic heterocycles. The van der Waals surface area contributed by atoms with E-state index < -0.39 is 11.4 Å². The maximum atomic E-state index is 15.0. The number of fused-ring (bicyclic) bond motifs is 1. The number of carbonyl (C=O) groups is 1. The number of aliphatic carboxylic acids is 1. The van der Waals surface area contributed by atoms with Gasteiger partial charge in [-0.3, -0.25) is 9.78 Å². The van der Waals surface area contributed by atoms with E-state index in [0.29, 0.717) is 29.3 Å². The monoisotopic (exact) mass is 607 g/mol. The highest BCUT2D eigenvalue weighted by molar-refractivity contribution is 7.22. The lowest BCUT2D eigenvalue weighted by Gasteiger charge is -2.56. The number of likely N-dealkylation sites (tertiary alicyclic amines) is 1. The van der Waals surface area contributed by atoms with Crippen molar-refractivity contribution < 1.29 is 18.8 Å². The Bertz CT molecular complexity index is 1460. The minimum atomic E-state index is -0.662. The second kappa shape index (κ2) is 10.2. The van der Waals surface area contributed by atoms with Crippen molar-refractivity contribution in [3.05, 3.63) is 40.1 Å². The first-order chi connectivity index (χ1) is 19.0. The van der Waals surface area contributed by atoms with Crippen LogP contribution in [0.3, 0.4) is 0 Å². The average Bonchev–Trinajstić information content (AvgIpc) is 3.26. The molecule has 40 heavy (non-hydrogen) atoms. The standard InChI is InChI=1S/C28H33Cl2FN6O2S/c1-15(22-25(30)35-21(29)11-32-22)33-23-19(31)6-7-20-24(23)40-27(34-20)36-12-17(13-36)16-5-4-8-37(3,14-16)18-9-28(2,10-18)26(38)39/h6-7,11,15-18,33H,4-5,8-10,12-14H2,1-3H3/p+1/t15-,16+,18?,28?,37?/m1/s1. The molecule has 4 heterocycles. The van der Waals surface area contributed by atoms with Crippen LogP contribution in [0.5, 0.6) is 0 Å². The molecule has 1 aromatic carbocycles. The van der Waals surface area contributed by atoms with E-state index in [2.05, 4.69) is 27.2 Å². The molecule has 1 aliphatic carbocycles. The minimum absolute atomic E-state index is 0.183. The second-order valence-electron chi connectivity index (χ2n) is 12.4. The van der Waals surface area contributed by atoms with E-state index in [-0.39, 0.29) is 22.2 Å². The number of thiazole rings is 1. The summed E-state index contributed by atoms with van der Waals surface area (Å²) in [6.07, 6.45) is 5.39. The fourth-order valence-corrected chi connectivity index (χ4v) is 8.43. The van der Waals surface area contributed by atoms with Crippen LogP contribution in [0.4, 0.5) is 15.2 Å². The van der Waals surface area contributed by atoms with Gasteiger partial charge < -0.3 is 19.8 Å². The number of nitrogens with one attached hydrogen (secondary N) is 1. The van der Waals surface area contributed by atoms with Crippen molar-refractivity contribution in [2.24, 2.45) is 17.3 Å². The third-order valence-electron chi connectivity index (χ3n) is 9.51. The van der Waals surface area contributed by atoms with Gasteiger partial charge in [0.1, 0.15) is 11.0 Å². The van der Waals surface area contributed by atoms with Gasteiger partial charge >= 0.3 is 5.97 Å². The number of rotatable bonds is 7. The molecule has 12 heteroatoms. The highest BCUT2D eigenvalue weighted by Crippen LogP contribution is 2.48. The molecule has 3 aromatic rings. The quantitative estimate of drug-likeness (QED) is 0.307. The molecule has 1 saturated carbocycles. The van der Waals surface area contributed by atoms with Gasteiger partial charge in [0.2, 0.25) is 0 Å². The molecule has 3 fully saturated rings. The smallest absolute Gasteiger partial charge is 0.309 e. The van der Waals surface area contributed by atoms with Crippen LogP contribution in [0.15, 0.2) is 18.3 Å². The number of aromatic nitrogens is 3. The number of carboxylic acids is 1. The Balaban J connectivity index is 1.13. The zero-order chi connectivity index (χ0) is 28.4. The minimum Gasteiger partial charge on any atom is -0.481 e. The topological polar surface area (TPSA) is 91.2 Å². The van der Waals surface area contributed by atoms with Gasteiger partial charge in [0.05, 0.1) is 65.4 Å². The molecular weight excluding hydrogens is 574 g/mol. The van der Waals surface area contributed by atoms with Crippen molar-refractivity contribution in [3.8, 4) is 0 Å². The summed E-state index contributed by atoms with van der Waals surface area (Å²) in [5, 5.41) is 14.1. The van der Waals surface area contributed by atoms with Crippen LogP contribution >= 0.6 is 34.5 Å². The van der Waals surface area contributed by atoms with Crippen LogP contribution in [0.1, 0.15) is 51.3 Å². The number of carboxylic acid groups (broad SMARTS) is 1. The summed E-state index contributed by atoms with van der Waals surface area (Å²) in [4.78, 5) is 27.1. The number of nitrogens with zero attached hydrogens (tertiary/aromatic N) is 5. The maximum Gasteiger partial charge on any atom is 0.309 e. The lowest BCUT2D eigenvalue weighted by atomic mass is 9.64. The number of benzene rings is 1. The summed E-state index contributed by atoms with van der Waals surface area (Å²) in [5.41, 5.74) is 1.07. The molecule has 2 saturated heterocycles. The Morgan fingerprint density at radius 3 is 2.73 bits per heavy atom. The Morgan fingerprint density at radius 2 is 2.02 bits per heavy atom. The summed E-state index contributed by atoms with van der Waals surface area (Å²) in [7, 11) is 2.33. The summed E-state index contributed by atoms with van der Waals surface area (Å²) < 4.78 is 16.8. The van der Waals surface area contributed by atoms with Crippen molar-refractivity contribution in [1.82, 2.24) is 15.0 Å². The molecule has 3 atom stereocenters. The van der Waals surface area contributed by atoms with Gasteiger partial charge in [-0.05, 0) is 38.8 Å². The van der Waals surface area contributed by atoms with E-state index in [1.165, 1.54) is 36.4 Å². The first-order valence-corrected chi connectivity index (χ1v) is 15.4. The van der Waals surface area contributed by atoms with Crippen LogP contribution in [-0.2, 0) is 4.79 Å². The molecule has 2 N–H and O–H groups in total. The molecule has 1 unspecified atom stereocenters. The Labute approximate surface area is 247 Å². The average molecular weight is 609 g/mol. The number of anilines is 2. The summed E-state index contributed by atoms with van der Waals surface area (Å²) in [6, 6.07) is 3.21. The van der Waals surface area contributed by atoms with Gasteiger partial charge in [0.15, 0.2) is 10.3 Å². The predicted octanol–water partition coefficient (Wildman–Crippen LogP) is 6.25. The molecule has 214 valence electrons.